The molecule has 1 aromatic heterocycles. The Morgan fingerprint density at radius 3 is 2.41 bits per heavy atom. The zero-order valence-electron chi connectivity index (χ0n) is 22.4. The molecule has 1 N–H and O–H groups in total. The highest BCUT2D eigenvalue weighted by Crippen LogP contribution is 2.64. The molecule has 1 fully saturated rings. The Morgan fingerprint density at radius 2 is 1.69 bits per heavy atom. The SMILES string of the molecule is COc1ccc([C@H]2C[C@@]2(C(=O)NS(=O)(=O)c2cccc3nc(C)ccc23)c2cc(C)ccc2OC)c(OC)c1. The van der Waals surface area contributed by atoms with E-state index in [0.717, 1.165) is 16.8 Å². The molecule has 2 atom stereocenters. The van der Waals surface area contributed by atoms with Crippen molar-refractivity contribution in [2.24, 2.45) is 0 Å². The van der Waals surface area contributed by atoms with Crippen LogP contribution in [0.25, 0.3) is 10.9 Å². The number of carbonyl (C=O) groups excluding carboxylic acids is 1. The molecule has 0 bridgehead atoms. The van der Waals surface area contributed by atoms with E-state index < -0.39 is 21.3 Å². The topological polar surface area (TPSA) is 104 Å². The van der Waals surface area contributed by atoms with Gasteiger partial charge in [0, 0.05) is 28.6 Å². The van der Waals surface area contributed by atoms with Gasteiger partial charge in [-0.2, -0.15) is 0 Å². The van der Waals surface area contributed by atoms with Crippen LogP contribution in [0, 0.1) is 13.8 Å². The number of methoxy groups -OCH3 is 3. The van der Waals surface area contributed by atoms with Gasteiger partial charge in [-0.05, 0) is 62.2 Å². The molecule has 4 aromatic rings. The molecule has 0 aliphatic heterocycles. The Morgan fingerprint density at radius 1 is 0.923 bits per heavy atom. The first-order valence-corrected chi connectivity index (χ1v) is 13.9. The predicted molar refractivity (Wildman–Crippen MR) is 148 cm³/mol. The van der Waals surface area contributed by atoms with Gasteiger partial charge in [0.15, 0.2) is 0 Å². The Labute approximate surface area is 228 Å². The molecule has 1 saturated carbocycles. The maximum absolute atomic E-state index is 14.2. The van der Waals surface area contributed by atoms with Crippen molar-refractivity contribution in [3.63, 3.8) is 0 Å². The van der Waals surface area contributed by atoms with E-state index in [1.54, 1.807) is 56.7 Å². The van der Waals surface area contributed by atoms with E-state index in [1.165, 1.54) is 13.2 Å². The van der Waals surface area contributed by atoms with Gasteiger partial charge in [-0.1, -0.05) is 29.8 Å². The van der Waals surface area contributed by atoms with Gasteiger partial charge in [-0.3, -0.25) is 9.78 Å². The summed E-state index contributed by atoms with van der Waals surface area (Å²) in [6.07, 6.45) is 0.368. The maximum atomic E-state index is 14.2. The first-order valence-electron chi connectivity index (χ1n) is 12.4. The molecule has 1 aliphatic carbocycles. The Kier molecular flexibility index (Phi) is 6.72. The van der Waals surface area contributed by atoms with Crippen molar-refractivity contribution in [1.82, 2.24) is 9.71 Å². The van der Waals surface area contributed by atoms with Gasteiger partial charge in [-0.15, -0.1) is 0 Å². The second-order valence-electron chi connectivity index (χ2n) is 9.75. The fraction of sp³-hybridized carbons (Fsp3) is 0.267. The number of nitrogens with zero attached hydrogens (tertiary/aromatic N) is 1. The van der Waals surface area contributed by atoms with Crippen molar-refractivity contribution < 1.29 is 27.4 Å². The minimum absolute atomic E-state index is 0.00793. The van der Waals surface area contributed by atoms with Gasteiger partial charge >= 0.3 is 0 Å². The molecule has 39 heavy (non-hydrogen) atoms. The van der Waals surface area contributed by atoms with Crippen LogP contribution in [0.4, 0.5) is 0 Å². The van der Waals surface area contributed by atoms with Gasteiger partial charge < -0.3 is 14.2 Å². The number of pyridine rings is 1. The number of aromatic nitrogens is 1. The first-order chi connectivity index (χ1) is 18.6. The molecule has 0 unspecified atom stereocenters. The summed E-state index contributed by atoms with van der Waals surface area (Å²) in [5, 5.41) is 0.440. The van der Waals surface area contributed by atoms with Crippen molar-refractivity contribution in [3.8, 4) is 17.2 Å². The van der Waals surface area contributed by atoms with Crippen LogP contribution in [0.5, 0.6) is 17.2 Å². The van der Waals surface area contributed by atoms with Crippen LogP contribution in [0.2, 0.25) is 0 Å². The number of hydrogen-bond acceptors (Lipinski definition) is 7. The third-order valence-corrected chi connectivity index (χ3v) is 8.75. The highest BCUT2D eigenvalue weighted by Gasteiger charge is 2.64. The minimum Gasteiger partial charge on any atom is -0.497 e. The number of ether oxygens (including phenoxy) is 3. The average Bonchev–Trinajstić information content (AvgIpc) is 3.68. The molecule has 1 amide bonds. The van der Waals surface area contributed by atoms with E-state index in [2.05, 4.69) is 9.71 Å². The second-order valence-corrected chi connectivity index (χ2v) is 11.4. The van der Waals surface area contributed by atoms with E-state index in [9.17, 15) is 13.2 Å². The Hall–Kier alpha value is -4.11. The summed E-state index contributed by atoms with van der Waals surface area (Å²) in [7, 11) is 0.409. The molecule has 1 aliphatic rings. The number of rotatable bonds is 8. The van der Waals surface area contributed by atoms with Gasteiger partial charge in [-0.25, -0.2) is 13.1 Å². The van der Waals surface area contributed by atoms with Crippen LogP contribution < -0.4 is 18.9 Å². The lowest BCUT2D eigenvalue weighted by molar-refractivity contribution is -0.122. The number of benzene rings is 3. The van der Waals surface area contributed by atoms with Crippen LogP contribution in [0.15, 0.2) is 71.6 Å². The van der Waals surface area contributed by atoms with E-state index >= 15 is 0 Å². The van der Waals surface area contributed by atoms with E-state index in [-0.39, 0.29) is 10.8 Å². The second kappa shape index (κ2) is 9.89. The van der Waals surface area contributed by atoms with E-state index in [1.807, 2.05) is 32.0 Å². The highest BCUT2D eigenvalue weighted by molar-refractivity contribution is 7.90. The molecule has 5 rings (SSSR count). The van der Waals surface area contributed by atoms with Crippen molar-refractivity contribution in [3.05, 3.63) is 89.1 Å². The molecular formula is C30H30N2O6S. The smallest absolute Gasteiger partial charge is 0.264 e. The fourth-order valence-corrected chi connectivity index (χ4v) is 6.57. The number of sulfonamides is 1. The average molecular weight is 547 g/mol. The fourth-order valence-electron chi connectivity index (χ4n) is 5.32. The Bertz CT molecular complexity index is 1700. The molecule has 0 saturated heterocycles. The quantitative estimate of drug-likeness (QED) is 0.338. The molecule has 1 heterocycles. The number of hydrogen-bond donors (Lipinski definition) is 1. The third kappa shape index (κ3) is 4.57. The molecule has 9 heteroatoms. The zero-order valence-corrected chi connectivity index (χ0v) is 23.3. The number of amides is 1. The number of aryl methyl sites for hydroxylation is 2. The summed E-state index contributed by atoms with van der Waals surface area (Å²) in [6, 6.07) is 19.3. The number of carbonyl (C=O) groups is 1. The molecule has 0 radical (unpaired) electrons. The molecule has 202 valence electrons. The monoisotopic (exact) mass is 546 g/mol. The summed E-state index contributed by atoms with van der Waals surface area (Å²) < 4.78 is 46.4. The summed E-state index contributed by atoms with van der Waals surface area (Å²) >= 11 is 0. The summed E-state index contributed by atoms with van der Waals surface area (Å²) in [6.45, 7) is 3.75. The number of nitrogens with one attached hydrogen (secondary N) is 1. The van der Waals surface area contributed by atoms with Crippen molar-refractivity contribution in [1.29, 1.82) is 0 Å². The van der Waals surface area contributed by atoms with E-state index in [4.69, 9.17) is 14.2 Å². The standard InChI is InChI=1S/C30H30N2O6S/c1-18-9-14-26(37-4)23(15-18)30(17-24(30)21-13-11-20(36-3)16-27(21)38-5)29(33)32-39(34,35)28-8-6-7-25-22(28)12-10-19(2)31-25/h6-16,24H,17H2,1-5H3,(H,32,33)/t24-,30-/m1/s1. The first kappa shape index (κ1) is 26.5. The lowest BCUT2D eigenvalue weighted by Crippen LogP contribution is -2.40. The van der Waals surface area contributed by atoms with Gasteiger partial charge in [0.2, 0.25) is 5.91 Å². The van der Waals surface area contributed by atoms with Gasteiger partial charge in [0.25, 0.3) is 10.0 Å². The molecule has 0 spiro atoms. The lowest BCUT2D eigenvalue weighted by Gasteiger charge is -2.22. The van der Waals surface area contributed by atoms with Crippen molar-refractivity contribution >= 4 is 26.8 Å². The molecule has 3 aromatic carbocycles. The molecular weight excluding hydrogens is 516 g/mol. The highest BCUT2D eigenvalue weighted by atomic mass is 32.2. The zero-order chi connectivity index (χ0) is 27.9. The number of fused-ring (bicyclic) bond motifs is 1. The Balaban J connectivity index is 1.62. The van der Waals surface area contributed by atoms with E-state index in [0.29, 0.717) is 40.1 Å². The van der Waals surface area contributed by atoms with Crippen LogP contribution >= 0.6 is 0 Å². The largest absolute Gasteiger partial charge is 0.497 e. The maximum Gasteiger partial charge on any atom is 0.264 e. The van der Waals surface area contributed by atoms with Crippen LogP contribution in [-0.2, 0) is 20.2 Å². The summed E-state index contributed by atoms with van der Waals surface area (Å²) in [4.78, 5) is 18.6. The lowest BCUT2D eigenvalue weighted by atomic mass is 9.88. The van der Waals surface area contributed by atoms with Gasteiger partial charge in [0.1, 0.15) is 17.2 Å². The van der Waals surface area contributed by atoms with Gasteiger partial charge in [0.05, 0.1) is 37.2 Å². The minimum atomic E-state index is -4.24. The van der Waals surface area contributed by atoms with Crippen molar-refractivity contribution in [2.75, 3.05) is 21.3 Å². The van der Waals surface area contributed by atoms with Crippen molar-refractivity contribution in [2.45, 2.75) is 36.5 Å². The predicted octanol–water partition coefficient (Wildman–Crippen LogP) is 4.81. The van der Waals surface area contributed by atoms with Crippen LogP contribution in [0.1, 0.15) is 34.7 Å². The van der Waals surface area contributed by atoms with Crippen LogP contribution in [-0.4, -0.2) is 40.6 Å². The molecule has 8 nitrogen and oxygen atoms in total. The normalized spacial score (nSPS) is 18.4. The third-order valence-electron chi connectivity index (χ3n) is 7.37. The van der Waals surface area contributed by atoms with Crippen LogP contribution in [0.3, 0.4) is 0 Å². The summed E-state index contributed by atoms with van der Waals surface area (Å²) in [5.74, 6) is 0.682. The summed E-state index contributed by atoms with van der Waals surface area (Å²) in [5.41, 5.74) is 2.42.